The van der Waals surface area contributed by atoms with E-state index < -0.39 is 5.97 Å². The van der Waals surface area contributed by atoms with Gasteiger partial charge in [-0.15, -0.1) is 0 Å². The van der Waals surface area contributed by atoms with Crippen LogP contribution in [0.1, 0.15) is 15.9 Å². The molecule has 0 radical (unpaired) electrons. The van der Waals surface area contributed by atoms with Gasteiger partial charge in [-0.3, -0.25) is 0 Å². The highest BCUT2D eigenvalue weighted by Gasteiger charge is 2.11. The SMILES string of the molecule is O=C(O)c1ccc2ccccc2c1CBr. The van der Waals surface area contributed by atoms with Crippen molar-refractivity contribution in [2.24, 2.45) is 0 Å². The first-order valence-electron chi connectivity index (χ1n) is 4.54. The highest BCUT2D eigenvalue weighted by molar-refractivity contribution is 9.08. The molecule has 0 saturated heterocycles. The van der Waals surface area contributed by atoms with Crippen LogP contribution in [-0.4, -0.2) is 11.1 Å². The number of rotatable bonds is 2. The van der Waals surface area contributed by atoms with Gasteiger partial charge in [-0.1, -0.05) is 46.3 Å². The lowest BCUT2D eigenvalue weighted by molar-refractivity contribution is 0.0696. The number of alkyl halides is 1. The molecule has 2 aromatic carbocycles. The minimum atomic E-state index is -0.879. The van der Waals surface area contributed by atoms with Crippen molar-refractivity contribution in [3.63, 3.8) is 0 Å². The van der Waals surface area contributed by atoms with Crippen LogP contribution in [0.5, 0.6) is 0 Å². The number of hydrogen-bond donors (Lipinski definition) is 1. The maximum absolute atomic E-state index is 11.0. The molecule has 76 valence electrons. The molecule has 15 heavy (non-hydrogen) atoms. The van der Waals surface area contributed by atoms with E-state index in [1.165, 1.54) is 0 Å². The molecule has 0 amide bonds. The molecule has 2 nitrogen and oxygen atoms in total. The quantitative estimate of drug-likeness (QED) is 0.844. The number of benzene rings is 2. The molecule has 1 N–H and O–H groups in total. The molecule has 0 aliphatic carbocycles. The van der Waals surface area contributed by atoms with Gasteiger partial charge in [0.05, 0.1) is 5.56 Å². The highest BCUT2D eigenvalue weighted by Crippen LogP contribution is 2.24. The Balaban J connectivity index is 2.81. The summed E-state index contributed by atoms with van der Waals surface area (Å²) in [6, 6.07) is 11.3. The van der Waals surface area contributed by atoms with Gasteiger partial charge in [0.15, 0.2) is 0 Å². The molecular weight excluding hydrogens is 256 g/mol. The first-order chi connectivity index (χ1) is 7.24. The largest absolute Gasteiger partial charge is 0.478 e. The van der Waals surface area contributed by atoms with Crippen molar-refractivity contribution in [3.05, 3.63) is 47.5 Å². The Labute approximate surface area is 95.7 Å². The Morgan fingerprint density at radius 3 is 2.60 bits per heavy atom. The third kappa shape index (κ3) is 1.75. The summed E-state index contributed by atoms with van der Waals surface area (Å²) < 4.78 is 0. The van der Waals surface area contributed by atoms with E-state index in [4.69, 9.17) is 5.11 Å². The monoisotopic (exact) mass is 264 g/mol. The van der Waals surface area contributed by atoms with Crippen molar-refractivity contribution in [1.82, 2.24) is 0 Å². The average Bonchev–Trinajstić information content (AvgIpc) is 2.27. The van der Waals surface area contributed by atoms with Crippen LogP contribution < -0.4 is 0 Å². The van der Waals surface area contributed by atoms with Crippen molar-refractivity contribution in [1.29, 1.82) is 0 Å². The maximum Gasteiger partial charge on any atom is 0.336 e. The molecule has 0 aliphatic rings. The van der Waals surface area contributed by atoms with E-state index in [0.29, 0.717) is 10.9 Å². The zero-order valence-corrected chi connectivity index (χ0v) is 9.49. The van der Waals surface area contributed by atoms with Crippen LogP contribution in [0.2, 0.25) is 0 Å². The van der Waals surface area contributed by atoms with Gasteiger partial charge >= 0.3 is 5.97 Å². The van der Waals surface area contributed by atoms with Gasteiger partial charge in [0, 0.05) is 5.33 Å². The second-order valence-electron chi connectivity index (χ2n) is 3.25. The lowest BCUT2D eigenvalue weighted by Crippen LogP contribution is -2.01. The number of halogens is 1. The van der Waals surface area contributed by atoms with Gasteiger partial charge in [0.1, 0.15) is 0 Å². The van der Waals surface area contributed by atoms with Crippen LogP contribution in [0.25, 0.3) is 10.8 Å². The van der Waals surface area contributed by atoms with Crippen LogP contribution in [0.3, 0.4) is 0 Å². The van der Waals surface area contributed by atoms with E-state index in [9.17, 15) is 4.79 Å². The normalized spacial score (nSPS) is 10.5. The van der Waals surface area contributed by atoms with Crippen molar-refractivity contribution >= 4 is 32.7 Å². The topological polar surface area (TPSA) is 37.3 Å². The Morgan fingerprint density at radius 2 is 1.93 bits per heavy atom. The van der Waals surface area contributed by atoms with Gasteiger partial charge in [0.2, 0.25) is 0 Å². The summed E-state index contributed by atoms with van der Waals surface area (Å²) in [5, 5.41) is 11.6. The summed E-state index contributed by atoms with van der Waals surface area (Å²) in [7, 11) is 0. The molecule has 2 aromatic rings. The zero-order valence-electron chi connectivity index (χ0n) is 7.90. The van der Waals surface area contributed by atoms with Gasteiger partial charge in [0.25, 0.3) is 0 Å². The number of hydrogen-bond acceptors (Lipinski definition) is 1. The molecule has 3 heteroatoms. The number of carboxylic acid groups (broad SMARTS) is 1. The number of carboxylic acids is 1. The summed E-state index contributed by atoms with van der Waals surface area (Å²) in [5.74, 6) is -0.879. The number of carbonyl (C=O) groups is 1. The summed E-state index contributed by atoms with van der Waals surface area (Å²) in [6.45, 7) is 0. The minimum Gasteiger partial charge on any atom is -0.478 e. The van der Waals surface area contributed by atoms with Crippen LogP contribution in [-0.2, 0) is 5.33 Å². The summed E-state index contributed by atoms with van der Waals surface area (Å²) >= 11 is 3.33. The summed E-state index contributed by atoms with van der Waals surface area (Å²) in [5.41, 5.74) is 1.20. The summed E-state index contributed by atoms with van der Waals surface area (Å²) in [4.78, 5) is 11.0. The molecule has 0 aromatic heterocycles. The molecule has 0 atom stereocenters. The molecule has 0 bridgehead atoms. The van der Waals surface area contributed by atoms with Crippen molar-refractivity contribution in [2.45, 2.75) is 5.33 Å². The molecule has 0 unspecified atom stereocenters. The first kappa shape index (κ1) is 10.2. The van der Waals surface area contributed by atoms with Crippen molar-refractivity contribution in [3.8, 4) is 0 Å². The molecule has 0 heterocycles. The lowest BCUT2D eigenvalue weighted by atomic mass is 10.0. The van der Waals surface area contributed by atoms with E-state index >= 15 is 0 Å². The van der Waals surface area contributed by atoms with Gasteiger partial charge in [-0.2, -0.15) is 0 Å². The molecule has 0 saturated carbocycles. The smallest absolute Gasteiger partial charge is 0.336 e. The Hall–Kier alpha value is -1.35. The maximum atomic E-state index is 11.0. The van der Waals surface area contributed by atoms with Crippen molar-refractivity contribution < 1.29 is 9.90 Å². The predicted molar refractivity (Wildman–Crippen MR) is 63.5 cm³/mol. The predicted octanol–water partition coefficient (Wildman–Crippen LogP) is 3.43. The Kier molecular flexibility index (Phi) is 2.73. The molecule has 2 rings (SSSR count). The first-order valence-corrected chi connectivity index (χ1v) is 5.66. The van der Waals surface area contributed by atoms with E-state index in [1.807, 2.05) is 30.3 Å². The molecule has 0 spiro atoms. The van der Waals surface area contributed by atoms with Crippen LogP contribution in [0, 0.1) is 0 Å². The fourth-order valence-electron chi connectivity index (χ4n) is 1.68. The average molecular weight is 265 g/mol. The third-order valence-corrected chi connectivity index (χ3v) is 2.97. The van der Waals surface area contributed by atoms with E-state index in [1.54, 1.807) is 6.07 Å². The fourth-order valence-corrected chi connectivity index (χ4v) is 2.28. The number of aromatic carboxylic acids is 1. The fraction of sp³-hybridized carbons (Fsp3) is 0.0833. The van der Waals surface area contributed by atoms with Gasteiger partial charge < -0.3 is 5.11 Å². The summed E-state index contributed by atoms with van der Waals surface area (Å²) in [6.07, 6.45) is 0. The van der Waals surface area contributed by atoms with Crippen molar-refractivity contribution in [2.75, 3.05) is 0 Å². The molecule has 0 aliphatic heterocycles. The van der Waals surface area contributed by atoms with Crippen LogP contribution >= 0.6 is 15.9 Å². The van der Waals surface area contributed by atoms with E-state index in [2.05, 4.69) is 15.9 Å². The molecular formula is C12H9BrO2. The Bertz CT molecular complexity index is 520. The van der Waals surface area contributed by atoms with Gasteiger partial charge in [-0.05, 0) is 22.4 Å². The third-order valence-electron chi connectivity index (χ3n) is 2.40. The second-order valence-corrected chi connectivity index (χ2v) is 3.81. The Morgan fingerprint density at radius 1 is 1.20 bits per heavy atom. The van der Waals surface area contributed by atoms with Crippen LogP contribution in [0.15, 0.2) is 36.4 Å². The molecule has 0 fully saturated rings. The zero-order chi connectivity index (χ0) is 10.8. The second kappa shape index (κ2) is 4.03. The van der Waals surface area contributed by atoms with Gasteiger partial charge in [-0.25, -0.2) is 4.79 Å². The van der Waals surface area contributed by atoms with Crippen LogP contribution in [0.4, 0.5) is 0 Å². The minimum absolute atomic E-state index is 0.366. The highest BCUT2D eigenvalue weighted by atomic mass is 79.9. The standard InChI is InChI=1S/C12H9BrO2/c13-7-11-9-4-2-1-3-8(9)5-6-10(11)12(14)15/h1-6H,7H2,(H,14,15). The van der Waals surface area contributed by atoms with E-state index in [0.717, 1.165) is 16.3 Å². The number of fused-ring (bicyclic) bond motifs is 1. The van der Waals surface area contributed by atoms with E-state index in [-0.39, 0.29) is 0 Å². The lowest BCUT2D eigenvalue weighted by Gasteiger charge is -2.07.